The van der Waals surface area contributed by atoms with Crippen molar-refractivity contribution < 1.29 is 0 Å². The van der Waals surface area contributed by atoms with Gasteiger partial charge in [-0.1, -0.05) is 18.2 Å². The minimum atomic E-state index is 0.717. The topological polar surface area (TPSA) is 58.0 Å². The summed E-state index contributed by atoms with van der Waals surface area (Å²) in [5.41, 5.74) is 1.89. The summed E-state index contributed by atoms with van der Waals surface area (Å²) in [7, 11) is 0. The van der Waals surface area contributed by atoms with Gasteiger partial charge in [-0.05, 0) is 36.4 Å². The third-order valence-electron chi connectivity index (χ3n) is 5.06. The Bertz CT molecular complexity index is 1080. The Hall–Kier alpha value is -3.54. The first-order chi connectivity index (χ1) is 13.9. The van der Waals surface area contributed by atoms with E-state index in [0.29, 0.717) is 5.82 Å². The Morgan fingerprint density at radius 2 is 1.54 bits per heavy atom. The SMILES string of the molecule is c1ccc(N2CCN(c3nc(-c4cccnc4)nc4ccccc34)CC2)nc1. The van der Waals surface area contributed by atoms with Crippen molar-refractivity contribution in [2.24, 2.45) is 0 Å². The molecule has 6 nitrogen and oxygen atoms in total. The Balaban J connectivity index is 1.49. The fraction of sp³-hybridized carbons (Fsp3) is 0.182. The smallest absolute Gasteiger partial charge is 0.163 e. The van der Waals surface area contributed by atoms with Crippen LogP contribution in [0.25, 0.3) is 22.3 Å². The van der Waals surface area contributed by atoms with E-state index in [1.807, 2.05) is 54.9 Å². The quantitative estimate of drug-likeness (QED) is 0.552. The average molecular weight is 368 g/mol. The molecule has 0 unspecified atom stereocenters. The van der Waals surface area contributed by atoms with E-state index in [2.05, 4.69) is 31.9 Å². The molecule has 1 saturated heterocycles. The summed E-state index contributed by atoms with van der Waals surface area (Å²) in [5, 5.41) is 1.08. The van der Waals surface area contributed by atoms with Crippen molar-refractivity contribution in [3.8, 4) is 11.4 Å². The maximum Gasteiger partial charge on any atom is 0.163 e. The molecule has 1 aliphatic heterocycles. The highest BCUT2D eigenvalue weighted by atomic mass is 15.3. The van der Waals surface area contributed by atoms with Crippen LogP contribution >= 0.6 is 0 Å². The van der Waals surface area contributed by atoms with Gasteiger partial charge in [-0.25, -0.2) is 15.0 Å². The third kappa shape index (κ3) is 3.13. The van der Waals surface area contributed by atoms with Crippen molar-refractivity contribution in [1.82, 2.24) is 19.9 Å². The molecule has 4 heterocycles. The van der Waals surface area contributed by atoms with Crippen LogP contribution in [0.5, 0.6) is 0 Å². The molecule has 138 valence electrons. The lowest BCUT2D eigenvalue weighted by atomic mass is 10.2. The molecule has 1 aliphatic rings. The van der Waals surface area contributed by atoms with E-state index in [9.17, 15) is 0 Å². The van der Waals surface area contributed by atoms with E-state index in [-0.39, 0.29) is 0 Å². The average Bonchev–Trinajstić information content (AvgIpc) is 2.80. The number of nitrogens with zero attached hydrogens (tertiary/aromatic N) is 6. The highest BCUT2D eigenvalue weighted by Gasteiger charge is 2.21. The lowest BCUT2D eigenvalue weighted by Crippen LogP contribution is -2.47. The van der Waals surface area contributed by atoms with Crippen molar-refractivity contribution in [2.45, 2.75) is 0 Å². The molecule has 1 fully saturated rings. The molecule has 0 aliphatic carbocycles. The Labute approximate surface area is 163 Å². The van der Waals surface area contributed by atoms with Gasteiger partial charge in [0.2, 0.25) is 0 Å². The van der Waals surface area contributed by atoms with E-state index in [0.717, 1.165) is 54.3 Å². The molecule has 0 bridgehead atoms. The number of piperazine rings is 1. The number of anilines is 2. The second-order valence-electron chi connectivity index (χ2n) is 6.79. The summed E-state index contributed by atoms with van der Waals surface area (Å²) in [4.78, 5) is 23.1. The van der Waals surface area contributed by atoms with Crippen molar-refractivity contribution in [1.29, 1.82) is 0 Å². The summed E-state index contributed by atoms with van der Waals surface area (Å²) in [6.07, 6.45) is 5.43. The Morgan fingerprint density at radius 3 is 2.32 bits per heavy atom. The predicted molar refractivity (Wildman–Crippen MR) is 111 cm³/mol. The minimum absolute atomic E-state index is 0.717. The number of pyridine rings is 2. The molecule has 5 rings (SSSR count). The van der Waals surface area contributed by atoms with Crippen molar-refractivity contribution in [2.75, 3.05) is 36.0 Å². The maximum absolute atomic E-state index is 4.93. The maximum atomic E-state index is 4.93. The molecular formula is C22H20N6. The normalized spacial score (nSPS) is 14.4. The van der Waals surface area contributed by atoms with Gasteiger partial charge in [-0.15, -0.1) is 0 Å². The van der Waals surface area contributed by atoms with E-state index < -0.39 is 0 Å². The second-order valence-corrected chi connectivity index (χ2v) is 6.79. The zero-order chi connectivity index (χ0) is 18.8. The van der Waals surface area contributed by atoms with Crippen LogP contribution in [-0.4, -0.2) is 46.1 Å². The molecule has 0 atom stereocenters. The molecule has 0 N–H and O–H groups in total. The van der Waals surface area contributed by atoms with Gasteiger partial charge in [0.1, 0.15) is 11.6 Å². The Kier molecular flexibility index (Phi) is 4.29. The Morgan fingerprint density at radius 1 is 0.714 bits per heavy atom. The number of hydrogen-bond donors (Lipinski definition) is 0. The first kappa shape index (κ1) is 16.6. The second kappa shape index (κ2) is 7.23. The fourth-order valence-corrected chi connectivity index (χ4v) is 3.61. The number of benzene rings is 1. The van der Waals surface area contributed by atoms with E-state index >= 15 is 0 Å². The standard InChI is InChI=1S/C22H20N6/c1-2-8-19-18(7-1)22(26-21(25-19)17-6-5-10-23-16-17)28-14-12-27(13-15-28)20-9-3-4-11-24-20/h1-11,16H,12-15H2. The molecule has 6 heteroatoms. The third-order valence-corrected chi connectivity index (χ3v) is 5.06. The highest BCUT2D eigenvalue weighted by Crippen LogP contribution is 2.28. The van der Waals surface area contributed by atoms with Crippen LogP contribution < -0.4 is 9.80 Å². The van der Waals surface area contributed by atoms with Gasteiger partial charge in [0.05, 0.1) is 5.52 Å². The largest absolute Gasteiger partial charge is 0.353 e. The molecular weight excluding hydrogens is 348 g/mol. The fourth-order valence-electron chi connectivity index (χ4n) is 3.61. The summed E-state index contributed by atoms with van der Waals surface area (Å²) in [6.45, 7) is 3.61. The van der Waals surface area contributed by atoms with Crippen LogP contribution in [0.15, 0.2) is 73.2 Å². The molecule has 0 spiro atoms. The summed E-state index contributed by atoms with van der Waals surface area (Å²) in [5.74, 6) is 2.74. The first-order valence-corrected chi connectivity index (χ1v) is 9.46. The number of rotatable bonds is 3. The minimum Gasteiger partial charge on any atom is -0.353 e. The molecule has 3 aromatic heterocycles. The lowest BCUT2D eigenvalue weighted by Gasteiger charge is -2.36. The van der Waals surface area contributed by atoms with Gasteiger partial charge >= 0.3 is 0 Å². The summed E-state index contributed by atoms with van der Waals surface area (Å²) >= 11 is 0. The van der Waals surface area contributed by atoms with E-state index in [1.54, 1.807) is 6.20 Å². The number of hydrogen-bond acceptors (Lipinski definition) is 6. The monoisotopic (exact) mass is 368 g/mol. The predicted octanol–water partition coefficient (Wildman–Crippen LogP) is 3.41. The van der Waals surface area contributed by atoms with E-state index in [4.69, 9.17) is 9.97 Å². The molecule has 0 amide bonds. The van der Waals surface area contributed by atoms with Gasteiger partial charge in [0.25, 0.3) is 0 Å². The zero-order valence-corrected chi connectivity index (χ0v) is 15.4. The van der Waals surface area contributed by atoms with Gasteiger partial charge in [-0.3, -0.25) is 4.98 Å². The van der Waals surface area contributed by atoms with Crippen LogP contribution in [0.2, 0.25) is 0 Å². The molecule has 4 aromatic rings. The summed E-state index contributed by atoms with van der Waals surface area (Å²) in [6, 6.07) is 18.2. The van der Waals surface area contributed by atoms with Crippen LogP contribution in [0.4, 0.5) is 11.6 Å². The van der Waals surface area contributed by atoms with Crippen LogP contribution in [0.1, 0.15) is 0 Å². The van der Waals surface area contributed by atoms with Gasteiger partial charge in [0.15, 0.2) is 5.82 Å². The number of fused-ring (bicyclic) bond motifs is 1. The van der Waals surface area contributed by atoms with E-state index in [1.165, 1.54) is 0 Å². The molecule has 0 radical (unpaired) electrons. The van der Waals surface area contributed by atoms with Crippen LogP contribution in [0.3, 0.4) is 0 Å². The van der Waals surface area contributed by atoms with Gasteiger partial charge in [-0.2, -0.15) is 0 Å². The van der Waals surface area contributed by atoms with Crippen LogP contribution in [-0.2, 0) is 0 Å². The van der Waals surface area contributed by atoms with Crippen molar-refractivity contribution >= 4 is 22.5 Å². The zero-order valence-electron chi connectivity index (χ0n) is 15.4. The van der Waals surface area contributed by atoms with Crippen molar-refractivity contribution in [3.63, 3.8) is 0 Å². The van der Waals surface area contributed by atoms with Crippen LogP contribution in [0, 0.1) is 0 Å². The van der Waals surface area contributed by atoms with Gasteiger partial charge in [0, 0.05) is 55.7 Å². The molecule has 1 aromatic carbocycles. The highest BCUT2D eigenvalue weighted by molar-refractivity contribution is 5.91. The molecule has 0 saturated carbocycles. The summed E-state index contributed by atoms with van der Waals surface area (Å²) < 4.78 is 0. The molecule has 28 heavy (non-hydrogen) atoms. The first-order valence-electron chi connectivity index (χ1n) is 9.46. The van der Waals surface area contributed by atoms with Crippen molar-refractivity contribution in [3.05, 3.63) is 73.2 Å². The number of para-hydroxylation sites is 1. The van der Waals surface area contributed by atoms with Gasteiger partial charge < -0.3 is 9.80 Å². The number of aromatic nitrogens is 4. The lowest BCUT2D eigenvalue weighted by molar-refractivity contribution is 0.643.